The van der Waals surface area contributed by atoms with Crippen molar-refractivity contribution in [3.8, 4) is 0 Å². The lowest BCUT2D eigenvalue weighted by Crippen LogP contribution is -2.14. The Kier molecular flexibility index (Phi) is 10.3. The fraction of sp³-hybridized carbons (Fsp3) is 0.188. The molecule has 1 aromatic carbocycles. The fourth-order valence-corrected chi connectivity index (χ4v) is 2.13. The zero-order valence-corrected chi connectivity index (χ0v) is 15.0. The summed E-state index contributed by atoms with van der Waals surface area (Å²) in [5.41, 5.74) is 5.18. The number of halogens is 3. The molecule has 0 unspecified atom stereocenters. The van der Waals surface area contributed by atoms with Crippen molar-refractivity contribution >= 4 is 41.2 Å². The second-order valence-electron chi connectivity index (χ2n) is 4.02. The molecular formula is C16H18Cl2FN3O2. The van der Waals surface area contributed by atoms with E-state index in [4.69, 9.17) is 28.0 Å². The number of aryl methyl sites for hydroxylation is 1. The quantitative estimate of drug-likeness (QED) is 0.772. The van der Waals surface area contributed by atoms with Gasteiger partial charge in [-0.1, -0.05) is 37.0 Å². The van der Waals surface area contributed by atoms with Crippen LogP contribution in [0.1, 0.15) is 29.9 Å². The lowest BCUT2D eigenvalue weighted by Gasteiger charge is -2.08. The van der Waals surface area contributed by atoms with Crippen LogP contribution < -0.4 is 11.1 Å². The molecule has 0 saturated carbocycles. The molecule has 1 heterocycles. The highest BCUT2D eigenvalue weighted by Crippen LogP contribution is 2.25. The van der Waals surface area contributed by atoms with Gasteiger partial charge < -0.3 is 11.1 Å². The zero-order valence-electron chi connectivity index (χ0n) is 13.4. The van der Waals surface area contributed by atoms with Crippen molar-refractivity contribution in [3.05, 3.63) is 57.6 Å². The van der Waals surface area contributed by atoms with Gasteiger partial charge in [0.25, 0.3) is 5.91 Å². The predicted molar refractivity (Wildman–Crippen MR) is 94.9 cm³/mol. The van der Waals surface area contributed by atoms with Crippen molar-refractivity contribution in [1.29, 1.82) is 0 Å². The molecule has 0 atom stereocenters. The van der Waals surface area contributed by atoms with Crippen molar-refractivity contribution in [3.63, 3.8) is 0 Å². The molecule has 5 nitrogen and oxygen atoms in total. The Morgan fingerprint density at radius 1 is 1.29 bits per heavy atom. The normalized spacial score (nSPS) is 8.92. The summed E-state index contributed by atoms with van der Waals surface area (Å²) < 4.78 is 13.7. The molecule has 130 valence electrons. The maximum absolute atomic E-state index is 13.7. The predicted octanol–water partition coefficient (Wildman–Crippen LogP) is 4.22. The molecule has 0 fully saturated rings. The van der Waals surface area contributed by atoms with Gasteiger partial charge in [-0.3, -0.25) is 14.6 Å². The topological polar surface area (TPSA) is 85.1 Å². The maximum atomic E-state index is 13.7. The largest absolute Gasteiger partial charge is 0.372 e. The summed E-state index contributed by atoms with van der Waals surface area (Å²) in [6.45, 7) is 5.78. The Morgan fingerprint density at radius 2 is 1.88 bits per heavy atom. The van der Waals surface area contributed by atoms with Crippen LogP contribution in [0, 0.1) is 12.7 Å². The third kappa shape index (κ3) is 6.93. The molecule has 0 radical (unpaired) electrons. The van der Waals surface area contributed by atoms with E-state index in [1.165, 1.54) is 6.07 Å². The molecule has 1 aromatic heterocycles. The highest BCUT2D eigenvalue weighted by molar-refractivity contribution is 6.37. The molecule has 24 heavy (non-hydrogen) atoms. The lowest BCUT2D eigenvalue weighted by molar-refractivity contribution is -0.106. The molecule has 0 spiro atoms. The summed E-state index contributed by atoms with van der Waals surface area (Å²) in [6.07, 6.45) is 1.80. The summed E-state index contributed by atoms with van der Waals surface area (Å²) in [5.74, 6) is -1.40. The van der Waals surface area contributed by atoms with Crippen LogP contribution in [0.15, 0.2) is 30.5 Å². The minimum Gasteiger partial charge on any atom is -0.372 e. The van der Waals surface area contributed by atoms with E-state index in [1.54, 1.807) is 25.3 Å². The molecule has 0 aliphatic rings. The van der Waals surface area contributed by atoms with Crippen LogP contribution in [-0.4, -0.2) is 17.3 Å². The number of nitrogens with zero attached hydrogens (tertiary/aromatic N) is 1. The number of aromatic nitrogens is 1. The number of hydrogen-bond acceptors (Lipinski definition) is 3. The van der Waals surface area contributed by atoms with E-state index in [0.29, 0.717) is 5.69 Å². The van der Waals surface area contributed by atoms with Gasteiger partial charge in [-0.2, -0.15) is 0 Å². The molecule has 0 aliphatic carbocycles. The average Bonchev–Trinajstić information content (AvgIpc) is 2.49. The van der Waals surface area contributed by atoms with Crippen molar-refractivity contribution in [1.82, 2.24) is 4.98 Å². The van der Waals surface area contributed by atoms with Gasteiger partial charge >= 0.3 is 0 Å². The summed E-state index contributed by atoms with van der Waals surface area (Å²) in [4.78, 5) is 24.6. The number of nitrogens with two attached hydrogens (primary N) is 1. The van der Waals surface area contributed by atoms with Gasteiger partial charge in [0.15, 0.2) is 0 Å². The Morgan fingerprint density at radius 3 is 2.38 bits per heavy atom. The van der Waals surface area contributed by atoms with E-state index in [9.17, 15) is 9.18 Å². The van der Waals surface area contributed by atoms with E-state index >= 15 is 0 Å². The summed E-state index contributed by atoms with van der Waals surface area (Å²) >= 11 is 11.5. The van der Waals surface area contributed by atoms with Crippen LogP contribution in [0.25, 0.3) is 0 Å². The third-order valence-corrected chi connectivity index (χ3v) is 2.90. The van der Waals surface area contributed by atoms with Crippen molar-refractivity contribution in [2.24, 2.45) is 5.73 Å². The number of benzene rings is 1. The van der Waals surface area contributed by atoms with E-state index in [1.807, 2.05) is 13.8 Å². The van der Waals surface area contributed by atoms with Gasteiger partial charge in [0.1, 0.15) is 5.82 Å². The summed E-state index contributed by atoms with van der Waals surface area (Å²) in [5, 5.41) is 2.66. The first-order valence-electron chi connectivity index (χ1n) is 6.93. The minimum atomic E-state index is -0.763. The maximum Gasteiger partial charge on any atom is 0.260 e. The monoisotopic (exact) mass is 373 g/mol. The third-order valence-electron chi connectivity index (χ3n) is 2.39. The van der Waals surface area contributed by atoms with Crippen LogP contribution in [0.4, 0.5) is 10.1 Å². The number of nitrogens with one attached hydrogen (secondary N) is 1. The molecule has 0 saturated heterocycles. The van der Waals surface area contributed by atoms with Crippen molar-refractivity contribution in [2.75, 3.05) is 5.32 Å². The Balaban J connectivity index is 0.000000952. The molecule has 3 N–H and O–H groups in total. The first-order valence-corrected chi connectivity index (χ1v) is 7.68. The number of amides is 2. The number of carbonyl (C=O) groups excluding carboxylic acids is 2. The molecule has 2 aromatic rings. The fourth-order valence-electron chi connectivity index (χ4n) is 1.58. The summed E-state index contributed by atoms with van der Waals surface area (Å²) in [7, 11) is 0. The highest BCUT2D eigenvalue weighted by atomic mass is 35.5. The first-order chi connectivity index (χ1) is 11.4. The second-order valence-corrected chi connectivity index (χ2v) is 4.86. The summed E-state index contributed by atoms with van der Waals surface area (Å²) in [6, 6.07) is 5.63. The number of primary amides is 1. The first kappa shape index (κ1) is 21.8. The minimum absolute atomic E-state index is 0.0340. The number of rotatable bonds is 2. The zero-order chi connectivity index (χ0) is 18.7. The van der Waals surface area contributed by atoms with Crippen molar-refractivity contribution < 1.29 is 14.0 Å². The molecule has 8 heteroatoms. The van der Waals surface area contributed by atoms with Crippen molar-refractivity contribution in [2.45, 2.75) is 20.8 Å². The number of hydrogen-bond donors (Lipinski definition) is 2. The number of carbonyl (C=O) groups is 2. The Bertz CT molecular complexity index is 674. The van der Waals surface area contributed by atoms with E-state index in [0.717, 1.165) is 11.8 Å². The van der Waals surface area contributed by atoms with Gasteiger partial charge in [-0.05, 0) is 31.2 Å². The smallest absolute Gasteiger partial charge is 0.260 e. The second kappa shape index (κ2) is 11.4. The number of anilines is 1. The van der Waals surface area contributed by atoms with E-state index < -0.39 is 11.7 Å². The SMILES string of the molecule is CC.Cc1cc(NC(=O)c2c(F)cc(Cl)cc2Cl)ccn1.NC=O. The number of pyridine rings is 1. The average molecular weight is 374 g/mol. The molecule has 0 aliphatic heterocycles. The van der Waals surface area contributed by atoms with Crippen LogP contribution in [0.3, 0.4) is 0 Å². The molecular weight excluding hydrogens is 356 g/mol. The lowest BCUT2D eigenvalue weighted by atomic mass is 10.2. The highest BCUT2D eigenvalue weighted by Gasteiger charge is 2.17. The van der Waals surface area contributed by atoms with Crippen LogP contribution in [-0.2, 0) is 4.79 Å². The van der Waals surface area contributed by atoms with Gasteiger partial charge in [0, 0.05) is 22.6 Å². The van der Waals surface area contributed by atoms with Gasteiger partial charge in [0.05, 0.1) is 10.6 Å². The molecule has 2 rings (SSSR count). The van der Waals surface area contributed by atoms with Gasteiger partial charge in [-0.15, -0.1) is 0 Å². The van der Waals surface area contributed by atoms with Gasteiger partial charge in [-0.25, -0.2) is 4.39 Å². The molecule has 0 bridgehead atoms. The van der Waals surface area contributed by atoms with E-state index in [-0.39, 0.29) is 22.0 Å². The standard InChI is InChI=1S/C13H9Cl2FN2O.C2H6.CH3NO/c1-7-4-9(2-3-17-7)18-13(19)12-10(15)5-8(14)6-11(12)16;1-2;2-1-3/h2-6H,1H3,(H,17,18,19);1-2H3;1H,(H2,2,3). The molecule has 2 amide bonds. The van der Waals surface area contributed by atoms with Crippen LogP contribution in [0.5, 0.6) is 0 Å². The van der Waals surface area contributed by atoms with Crippen LogP contribution in [0.2, 0.25) is 10.0 Å². The van der Waals surface area contributed by atoms with Gasteiger partial charge in [0.2, 0.25) is 6.41 Å². The van der Waals surface area contributed by atoms with Crippen LogP contribution >= 0.6 is 23.2 Å². The Hall–Kier alpha value is -2.18. The Labute approximate surface area is 150 Å². The van der Waals surface area contributed by atoms with E-state index in [2.05, 4.69) is 16.0 Å².